The molecule has 0 radical (unpaired) electrons. The van der Waals surface area contributed by atoms with E-state index in [1.165, 1.54) is 0 Å². The zero-order valence-electron chi connectivity index (χ0n) is 17.5. The Morgan fingerprint density at radius 3 is 2.66 bits per heavy atom. The van der Waals surface area contributed by atoms with Crippen LogP contribution in [0.5, 0.6) is 0 Å². The van der Waals surface area contributed by atoms with Gasteiger partial charge < -0.3 is 18.6 Å². The number of carbonyl (C=O) groups excluding carboxylic acids is 1. The highest BCUT2D eigenvalue weighted by Gasteiger charge is 2.27. The van der Waals surface area contributed by atoms with Gasteiger partial charge in [-0.15, -0.1) is 0 Å². The predicted octanol–water partition coefficient (Wildman–Crippen LogP) is 4.82. The Labute approximate surface area is 185 Å². The molecule has 1 saturated heterocycles. The van der Waals surface area contributed by atoms with Crippen LogP contribution >= 0.6 is 0 Å². The fourth-order valence-corrected chi connectivity index (χ4v) is 3.91. The monoisotopic (exact) mass is 429 g/mol. The lowest BCUT2D eigenvalue weighted by atomic mass is 10.1. The Bertz CT molecular complexity index is 1160. The van der Waals surface area contributed by atoms with E-state index in [2.05, 4.69) is 10.1 Å². The maximum atomic E-state index is 13.7. The number of carbonyl (C=O) groups is 1. The first-order valence-electron chi connectivity index (χ1n) is 10.7. The van der Waals surface area contributed by atoms with Crippen LogP contribution in [0.25, 0.3) is 22.8 Å². The Morgan fingerprint density at radius 2 is 1.88 bits per heavy atom. The van der Waals surface area contributed by atoms with Crippen molar-refractivity contribution in [2.24, 2.45) is 0 Å². The van der Waals surface area contributed by atoms with Gasteiger partial charge in [0.2, 0.25) is 5.82 Å². The average molecular weight is 429 g/mol. The molecule has 0 spiro atoms. The molecule has 162 valence electrons. The molecule has 0 aliphatic carbocycles. The summed E-state index contributed by atoms with van der Waals surface area (Å²) >= 11 is 0. The SMILES string of the molecule is O=C(c1ccccc1-c1nc(-c2ccccc2)no1)N(Cc1ccco1)C[C@@H]1CCCO1. The van der Waals surface area contributed by atoms with E-state index in [0.29, 0.717) is 35.9 Å². The zero-order chi connectivity index (χ0) is 21.8. The number of rotatable bonds is 7. The van der Waals surface area contributed by atoms with Crippen molar-refractivity contribution in [3.63, 3.8) is 0 Å². The van der Waals surface area contributed by atoms with Gasteiger partial charge in [0.25, 0.3) is 11.8 Å². The Kier molecular flexibility index (Phi) is 5.81. The van der Waals surface area contributed by atoms with Gasteiger partial charge in [-0.25, -0.2) is 0 Å². The van der Waals surface area contributed by atoms with Crippen molar-refractivity contribution in [2.75, 3.05) is 13.2 Å². The van der Waals surface area contributed by atoms with Crippen LogP contribution in [0, 0.1) is 0 Å². The highest BCUT2D eigenvalue weighted by Crippen LogP contribution is 2.27. The summed E-state index contributed by atoms with van der Waals surface area (Å²) in [5, 5.41) is 4.11. The van der Waals surface area contributed by atoms with Gasteiger partial charge in [0.05, 0.1) is 30.0 Å². The number of hydrogen-bond acceptors (Lipinski definition) is 6. The molecule has 1 amide bonds. The lowest BCUT2D eigenvalue weighted by Crippen LogP contribution is -2.37. The minimum atomic E-state index is -0.132. The Balaban J connectivity index is 1.45. The van der Waals surface area contributed by atoms with Gasteiger partial charge in [0.1, 0.15) is 5.76 Å². The number of nitrogens with zero attached hydrogens (tertiary/aromatic N) is 3. The minimum Gasteiger partial charge on any atom is -0.467 e. The highest BCUT2D eigenvalue weighted by atomic mass is 16.5. The van der Waals surface area contributed by atoms with E-state index in [1.807, 2.05) is 60.7 Å². The second-order valence-electron chi connectivity index (χ2n) is 7.73. The van der Waals surface area contributed by atoms with Crippen molar-refractivity contribution in [1.82, 2.24) is 15.0 Å². The van der Waals surface area contributed by atoms with Crippen LogP contribution in [0.2, 0.25) is 0 Å². The van der Waals surface area contributed by atoms with Gasteiger partial charge in [-0.3, -0.25) is 4.79 Å². The molecule has 1 atom stereocenters. The van der Waals surface area contributed by atoms with Gasteiger partial charge in [-0.05, 0) is 37.1 Å². The van der Waals surface area contributed by atoms with E-state index in [0.717, 1.165) is 30.8 Å². The summed E-state index contributed by atoms with van der Waals surface area (Å²) in [7, 11) is 0. The summed E-state index contributed by atoms with van der Waals surface area (Å²) < 4.78 is 16.8. The van der Waals surface area contributed by atoms with Gasteiger partial charge >= 0.3 is 0 Å². The van der Waals surface area contributed by atoms with Crippen LogP contribution in [0.15, 0.2) is 81.9 Å². The fraction of sp³-hybridized carbons (Fsp3) is 0.240. The molecule has 2 aromatic heterocycles. The molecule has 7 nitrogen and oxygen atoms in total. The van der Waals surface area contributed by atoms with Crippen LogP contribution in [0.4, 0.5) is 0 Å². The number of hydrogen-bond donors (Lipinski definition) is 0. The summed E-state index contributed by atoms with van der Waals surface area (Å²) in [6, 6.07) is 20.6. The molecule has 2 aromatic carbocycles. The summed E-state index contributed by atoms with van der Waals surface area (Å²) in [6.07, 6.45) is 3.58. The molecule has 7 heteroatoms. The normalized spacial score (nSPS) is 15.7. The number of furan rings is 1. The Hall–Kier alpha value is -3.71. The molecule has 0 unspecified atom stereocenters. The molecule has 5 rings (SSSR count). The molecular weight excluding hydrogens is 406 g/mol. The zero-order valence-corrected chi connectivity index (χ0v) is 17.5. The van der Waals surface area contributed by atoms with Crippen LogP contribution in [-0.4, -0.2) is 40.2 Å². The predicted molar refractivity (Wildman–Crippen MR) is 118 cm³/mol. The van der Waals surface area contributed by atoms with Crippen LogP contribution in [0.3, 0.4) is 0 Å². The maximum Gasteiger partial charge on any atom is 0.259 e. The van der Waals surface area contributed by atoms with E-state index in [9.17, 15) is 4.79 Å². The van der Waals surface area contributed by atoms with E-state index in [-0.39, 0.29) is 12.0 Å². The standard InChI is InChI=1S/C25H23N3O4/c29-25(28(16-19-10-6-14-30-19)17-20-11-7-15-31-20)22-13-5-4-12-21(22)24-26-23(27-32-24)18-8-2-1-3-9-18/h1-6,8-10,12-14,20H,7,11,15-17H2/t20-/m0/s1. The molecule has 0 N–H and O–H groups in total. The molecule has 1 aliphatic heterocycles. The number of aromatic nitrogens is 2. The quantitative estimate of drug-likeness (QED) is 0.419. The molecule has 0 bridgehead atoms. The second kappa shape index (κ2) is 9.20. The van der Waals surface area contributed by atoms with Crippen LogP contribution < -0.4 is 0 Å². The van der Waals surface area contributed by atoms with E-state index in [1.54, 1.807) is 17.2 Å². The van der Waals surface area contributed by atoms with Crippen molar-refractivity contribution in [3.8, 4) is 22.8 Å². The number of amides is 1. The first-order valence-corrected chi connectivity index (χ1v) is 10.7. The first kappa shape index (κ1) is 20.2. The van der Waals surface area contributed by atoms with Crippen molar-refractivity contribution in [3.05, 3.63) is 84.3 Å². The smallest absolute Gasteiger partial charge is 0.259 e. The second-order valence-corrected chi connectivity index (χ2v) is 7.73. The third kappa shape index (κ3) is 4.33. The fourth-order valence-electron chi connectivity index (χ4n) is 3.91. The Morgan fingerprint density at radius 1 is 1.03 bits per heavy atom. The summed E-state index contributed by atoms with van der Waals surface area (Å²) in [5.41, 5.74) is 1.95. The van der Waals surface area contributed by atoms with Crippen molar-refractivity contribution >= 4 is 5.91 Å². The van der Waals surface area contributed by atoms with Crippen molar-refractivity contribution < 1.29 is 18.5 Å². The van der Waals surface area contributed by atoms with Crippen LogP contribution in [0.1, 0.15) is 29.0 Å². The number of benzene rings is 2. The van der Waals surface area contributed by atoms with Gasteiger partial charge in [-0.2, -0.15) is 4.98 Å². The van der Waals surface area contributed by atoms with Gasteiger partial charge in [0, 0.05) is 18.7 Å². The summed E-state index contributed by atoms with van der Waals surface area (Å²) in [5.74, 6) is 1.38. The van der Waals surface area contributed by atoms with E-state index < -0.39 is 0 Å². The third-order valence-corrected chi connectivity index (χ3v) is 5.51. The lowest BCUT2D eigenvalue weighted by molar-refractivity contribution is 0.0492. The molecule has 32 heavy (non-hydrogen) atoms. The van der Waals surface area contributed by atoms with Gasteiger partial charge in [0.15, 0.2) is 0 Å². The minimum absolute atomic E-state index is 0.0224. The van der Waals surface area contributed by atoms with Gasteiger partial charge in [-0.1, -0.05) is 47.6 Å². The third-order valence-electron chi connectivity index (χ3n) is 5.51. The molecule has 1 aliphatic rings. The molecule has 3 heterocycles. The molecule has 1 fully saturated rings. The first-order chi connectivity index (χ1) is 15.8. The molecular formula is C25H23N3O4. The van der Waals surface area contributed by atoms with Crippen molar-refractivity contribution in [1.29, 1.82) is 0 Å². The largest absolute Gasteiger partial charge is 0.467 e. The number of ether oxygens (including phenoxy) is 1. The topological polar surface area (TPSA) is 81.6 Å². The average Bonchev–Trinajstić information content (AvgIpc) is 3.62. The summed E-state index contributed by atoms with van der Waals surface area (Å²) in [4.78, 5) is 20.0. The maximum absolute atomic E-state index is 13.7. The summed E-state index contributed by atoms with van der Waals surface area (Å²) in [6.45, 7) is 1.58. The molecule has 0 saturated carbocycles. The molecule has 4 aromatic rings. The lowest BCUT2D eigenvalue weighted by Gasteiger charge is -2.25. The van der Waals surface area contributed by atoms with E-state index in [4.69, 9.17) is 13.7 Å². The highest BCUT2D eigenvalue weighted by molar-refractivity contribution is 6.00. The van der Waals surface area contributed by atoms with Crippen LogP contribution in [-0.2, 0) is 11.3 Å². The van der Waals surface area contributed by atoms with E-state index >= 15 is 0 Å². The van der Waals surface area contributed by atoms with Crippen molar-refractivity contribution in [2.45, 2.75) is 25.5 Å².